The SMILES string of the molecule is CCS(C)(C)(N)(N)CC. The van der Waals surface area contributed by atoms with E-state index in [0.717, 1.165) is 11.5 Å². The standard InChI is InChI=1S/C6H20N2S/c1-5-9(3,4,7,8)6-2/h5-8H2,1-4H3. The van der Waals surface area contributed by atoms with Gasteiger partial charge in [-0.25, -0.2) is 8.67 Å². The third-order valence-corrected chi connectivity index (χ3v) is 6.69. The van der Waals surface area contributed by atoms with E-state index in [0.29, 0.717) is 0 Å². The van der Waals surface area contributed by atoms with Crippen LogP contribution >= 0.6 is 8.67 Å². The van der Waals surface area contributed by atoms with Crippen LogP contribution in [0.1, 0.15) is 13.8 Å². The van der Waals surface area contributed by atoms with Gasteiger partial charge in [0.05, 0.1) is 0 Å². The highest BCUT2D eigenvalue weighted by Crippen LogP contribution is 2.69. The van der Waals surface area contributed by atoms with Crippen LogP contribution in [0, 0.1) is 0 Å². The molecule has 0 aliphatic heterocycles. The zero-order valence-electron chi connectivity index (χ0n) is 6.98. The molecule has 0 aromatic carbocycles. The van der Waals surface area contributed by atoms with Crippen LogP contribution in [-0.4, -0.2) is 24.0 Å². The fourth-order valence-electron chi connectivity index (χ4n) is 0.204. The average molecular weight is 152 g/mol. The Balaban J connectivity index is 4.64. The lowest BCUT2D eigenvalue weighted by Crippen LogP contribution is -2.54. The van der Waals surface area contributed by atoms with Gasteiger partial charge >= 0.3 is 0 Å². The molecular weight excluding hydrogens is 132 g/mol. The molecule has 0 aromatic heterocycles. The fourth-order valence-corrected chi connectivity index (χ4v) is 0.612. The first-order valence-electron chi connectivity index (χ1n) is 3.28. The van der Waals surface area contributed by atoms with Crippen molar-refractivity contribution in [1.82, 2.24) is 0 Å². The lowest BCUT2D eigenvalue weighted by Gasteiger charge is -2.68. The molecule has 0 bridgehead atoms. The third kappa shape index (κ3) is 3.08. The first kappa shape index (κ1) is 9.27. The van der Waals surface area contributed by atoms with Gasteiger partial charge in [-0.05, 0) is 24.0 Å². The molecule has 60 valence electrons. The zero-order valence-corrected chi connectivity index (χ0v) is 7.79. The highest BCUT2D eigenvalue weighted by atomic mass is 32.4. The monoisotopic (exact) mass is 152 g/mol. The maximum absolute atomic E-state index is 6.10. The van der Waals surface area contributed by atoms with E-state index in [-0.39, 0.29) is 0 Å². The zero-order chi connectivity index (χ0) is 7.82. The van der Waals surface area contributed by atoms with Gasteiger partial charge in [-0.1, -0.05) is 13.8 Å². The minimum absolute atomic E-state index is 0.899. The van der Waals surface area contributed by atoms with Gasteiger partial charge in [-0.15, -0.1) is 0 Å². The van der Waals surface area contributed by atoms with Crippen molar-refractivity contribution < 1.29 is 0 Å². The second-order valence-corrected chi connectivity index (χ2v) is 12.3. The molecule has 3 heteroatoms. The largest absolute Gasteiger partial charge is 0.298 e. The van der Waals surface area contributed by atoms with E-state index in [2.05, 4.69) is 13.8 Å². The molecule has 4 N–H and O–H groups in total. The van der Waals surface area contributed by atoms with Crippen LogP contribution in [0.3, 0.4) is 0 Å². The van der Waals surface area contributed by atoms with Crippen molar-refractivity contribution in [2.45, 2.75) is 13.8 Å². The second-order valence-electron chi connectivity index (χ2n) is 4.09. The smallest absolute Gasteiger partial charge is 0.0178 e. The number of nitrogens with two attached hydrogens (primary N) is 2. The Kier molecular flexibility index (Phi) is 1.51. The van der Waals surface area contributed by atoms with E-state index in [9.17, 15) is 0 Å². The van der Waals surface area contributed by atoms with Gasteiger partial charge in [0.2, 0.25) is 0 Å². The first-order chi connectivity index (χ1) is 3.62. The Morgan fingerprint density at radius 3 is 1.22 bits per heavy atom. The Morgan fingerprint density at radius 1 is 1.00 bits per heavy atom. The quantitative estimate of drug-likeness (QED) is 0.618. The van der Waals surface area contributed by atoms with Gasteiger partial charge in [0.15, 0.2) is 0 Å². The molecule has 0 aliphatic rings. The summed E-state index contributed by atoms with van der Waals surface area (Å²) in [5.74, 6) is 1.80. The van der Waals surface area contributed by atoms with E-state index < -0.39 is 8.67 Å². The Bertz CT molecular complexity index is 108. The summed E-state index contributed by atoms with van der Waals surface area (Å²) in [5.41, 5.74) is 0. The van der Waals surface area contributed by atoms with Crippen molar-refractivity contribution in [1.29, 1.82) is 0 Å². The molecule has 0 saturated heterocycles. The molecule has 2 nitrogen and oxygen atoms in total. The summed E-state index contributed by atoms with van der Waals surface area (Å²) in [5, 5.41) is 12.2. The minimum atomic E-state index is -2.53. The van der Waals surface area contributed by atoms with E-state index >= 15 is 0 Å². The van der Waals surface area contributed by atoms with E-state index in [1.54, 1.807) is 0 Å². The Labute approximate surface area is 57.5 Å². The van der Waals surface area contributed by atoms with Crippen LogP contribution in [0.4, 0.5) is 0 Å². The van der Waals surface area contributed by atoms with Crippen molar-refractivity contribution in [3.8, 4) is 0 Å². The van der Waals surface area contributed by atoms with E-state index in [1.807, 2.05) is 12.5 Å². The number of hydrogen-bond acceptors (Lipinski definition) is 2. The van der Waals surface area contributed by atoms with Crippen molar-refractivity contribution in [2.24, 2.45) is 10.3 Å². The van der Waals surface area contributed by atoms with Crippen LogP contribution in [0.25, 0.3) is 0 Å². The topological polar surface area (TPSA) is 52.0 Å². The summed E-state index contributed by atoms with van der Waals surface area (Å²) < 4.78 is 0. The molecule has 0 fully saturated rings. The van der Waals surface area contributed by atoms with Gasteiger partial charge in [0.1, 0.15) is 0 Å². The predicted molar refractivity (Wildman–Crippen MR) is 48.9 cm³/mol. The summed E-state index contributed by atoms with van der Waals surface area (Å²) in [7, 11) is -2.53. The normalized spacial score (nSPS) is 20.7. The first-order valence-corrected chi connectivity index (χ1v) is 7.01. The highest BCUT2D eigenvalue weighted by molar-refractivity contribution is 8.60. The third-order valence-electron chi connectivity index (χ3n) is 2.23. The Morgan fingerprint density at radius 2 is 1.22 bits per heavy atom. The molecule has 0 unspecified atom stereocenters. The van der Waals surface area contributed by atoms with Crippen molar-refractivity contribution in [3.63, 3.8) is 0 Å². The summed E-state index contributed by atoms with van der Waals surface area (Å²) in [6, 6.07) is 0. The highest BCUT2D eigenvalue weighted by Gasteiger charge is 2.38. The molecular formula is C6H20N2S. The number of hydrogen-bond donors (Lipinski definition) is 2. The molecule has 0 saturated carbocycles. The van der Waals surface area contributed by atoms with Crippen molar-refractivity contribution >= 4 is 8.67 Å². The molecule has 0 atom stereocenters. The van der Waals surface area contributed by atoms with E-state index in [1.165, 1.54) is 0 Å². The fraction of sp³-hybridized carbons (Fsp3) is 1.00. The summed E-state index contributed by atoms with van der Waals surface area (Å²) in [6.45, 7) is 4.12. The van der Waals surface area contributed by atoms with Crippen LogP contribution < -0.4 is 10.3 Å². The van der Waals surface area contributed by atoms with Gasteiger partial charge < -0.3 is 0 Å². The summed E-state index contributed by atoms with van der Waals surface area (Å²) in [4.78, 5) is 0. The van der Waals surface area contributed by atoms with Crippen LogP contribution in [0.2, 0.25) is 0 Å². The van der Waals surface area contributed by atoms with Crippen LogP contribution in [0.5, 0.6) is 0 Å². The number of rotatable bonds is 2. The maximum Gasteiger partial charge on any atom is -0.0178 e. The molecule has 0 spiro atoms. The van der Waals surface area contributed by atoms with Crippen molar-refractivity contribution in [3.05, 3.63) is 0 Å². The molecule has 0 aliphatic carbocycles. The Hall–Kier alpha value is 0.270. The van der Waals surface area contributed by atoms with Gasteiger partial charge in [0.25, 0.3) is 0 Å². The lowest BCUT2D eigenvalue weighted by molar-refractivity contribution is 1.27. The lowest BCUT2D eigenvalue weighted by atomic mass is 11.0. The van der Waals surface area contributed by atoms with Gasteiger partial charge in [-0.2, -0.15) is 0 Å². The molecule has 0 amide bonds. The maximum atomic E-state index is 6.10. The second kappa shape index (κ2) is 1.47. The molecule has 0 aromatic rings. The summed E-state index contributed by atoms with van der Waals surface area (Å²) >= 11 is 0. The van der Waals surface area contributed by atoms with Crippen LogP contribution in [0.15, 0.2) is 0 Å². The van der Waals surface area contributed by atoms with Crippen LogP contribution in [-0.2, 0) is 0 Å². The molecule has 0 rings (SSSR count). The summed E-state index contributed by atoms with van der Waals surface area (Å²) in [6.07, 6.45) is 4.03. The molecule has 0 heterocycles. The molecule has 9 heavy (non-hydrogen) atoms. The van der Waals surface area contributed by atoms with Gasteiger partial charge in [-0.3, -0.25) is 10.3 Å². The van der Waals surface area contributed by atoms with Crippen molar-refractivity contribution in [2.75, 3.05) is 24.0 Å². The average Bonchev–Trinajstić information content (AvgIpc) is 1.67. The predicted octanol–water partition coefficient (Wildman–Crippen LogP) is 0.909. The minimum Gasteiger partial charge on any atom is -0.298 e. The van der Waals surface area contributed by atoms with E-state index in [4.69, 9.17) is 10.3 Å². The van der Waals surface area contributed by atoms with Gasteiger partial charge in [0, 0.05) is 0 Å². The molecule has 0 radical (unpaired) electrons.